The van der Waals surface area contributed by atoms with Crippen molar-refractivity contribution in [1.29, 1.82) is 0 Å². The number of carbonyl (C=O) groups is 1. The van der Waals surface area contributed by atoms with E-state index in [1.807, 2.05) is 13.0 Å². The maximum absolute atomic E-state index is 11.9. The van der Waals surface area contributed by atoms with Crippen molar-refractivity contribution in [2.45, 2.75) is 19.3 Å². The lowest BCUT2D eigenvalue weighted by atomic mass is 10.1. The van der Waals surface area contributed by atoms with Crippen LogP contribution in [0.3, 0.4) is 0 Å². The average molecular weight is 328 g/mol. The number of hydrogen-bond acceptors (Lipinski definition) is 7. The van der Waals surface area contributed by atoms with Crippen molar-refractivity contribution in [3.05, 3.63) is 36.0 Å². The van der Waals surface area contributed by atoms with Crippen molar-refractivity contribution in [2.24, 2.45) is 0 Å². The molecule has 2 aromatic heterocycles. The van der Waals surface area contributed by atoms with E-state index < -0.39 is 0 Å². The van der Waals surface area contributed by atoms with E-state index in [1.165, 1.54) is 7.11 Å². The third-order valence-corrected chi connectivity index (χ3v) is 3.85. The van der Waals surface area contributed by atoms with E-state index >= 15 is 0 Å². The van der Waals surface area contributed by atoms with Crippen molar-refractivity contribution < 1.29 is 9.53 Å². The summed E-state index contributed by atoms with van der Waals surface area (Å²) in [5, 5.41) is 3.09. The fraction of sp³-hybridized carbons (Fsp3) is 0.438. The van der Waals surface area contributed by atoms with Crippen molar-refractivity contribution in [3.63, 3.8) is 0 Å². The van der Waals surface area contributed by atoms with Crippen LogP contribution in [0.25, 0.3) is 0 Å². The van der Waals surface area contributed by atoms with Crippen LogP contribution in [-0.4, -0.2) is 57.5 Å². The molecule has 0 aliphatic carbocycles. The summed E-state index contributed by atoms with van der Waals surface area (Å²) in [7, 11) is 1.53. The lowest BCUT2D eigenvalue weighted by Crippen LogP contribution is -2.31. The molecule has 126 valence electrons. The topological polar surface area (TPSA) is 93.1 Å². The van der Waals surface area contributed by atoms with E-state index in [-0.39, 0.29) is 18.4 Å². The molecule has 8 nitrogen and oxygen atoms in total. The molecule has 0 spiro atoms. The van der Waals surface area contributed by atoms with E-state index in [0.29, 0.717) is 24.9 Å². The largest absolute Gasteiger partial charge is 0.375 e. The molecule has 8 heteroatoms. The zero-order chi connectivity index (χ0) is 16.9. The van der Waals surface area contributed by atoms with E-state index in [1.54, 1.807) is 23.4 Å². The van der Waals surface area contributed by atoms with Crippen LogP contribution in [0.4, 0.5) is 11.8 Å². The highest BCUT2D eigenvalue weighted by molar-refractivity contribution is 5.77. The number of anilines is 2. The van der Waals surface area contributed by atoms with E-state index in [2.05, 4.69) is 25.3 Å². The first kappa shape index (κ1) is 16.3. The summed E-state index contributed by atoms with van der Waals surface area (Å²) in [6.45, 7) is 3.35. The summed E-state index contributed by atoms with van der Waals surface area (Å²) < 4.78 is 4.92. The van der Waals surface area contributed by atoms with Gasteiger partial charge in [0.05, 0.1) is 0 Å². The summed E-state index contributed by atoms with van der Waals surface area (Å²) in [6.07, 6.45) is 4.18. The Kier molecular flexibility index (Phi) is 4.95. The number of rotatable bonds is 5. The van der Waals surface area contributed by atoms with Crippen LogP contribution < -0.4 is 5.32 Å². The summed E-state index contributed by atoms with van der Waals surface area (Å²) >= 11 is 0. The van der Waals surface area contributed by atoms with Crippen LogP contribution >= 0.6 is 0 Å². The van der Waals surface area contributed by atoms with E-state index in [4.69, 9.17) is 4.74 Å². The minimum Gasteiger partial charge on any atom is -0.375 e. The Balaban J connectivity index is 1.73. The van der Waals surface area contributed by atoms with E-state index in [0.717, 1.165) is 17.9 Å². The molecule has 0 unspecified atom stereocenters. The third kappa shape index (κ3) is 3.83. The molecule has 3 rings (SSSR count). The van der Waals surface area contributed by atoms with Gasteiger partial charge in [0.25, 0.3) is 0 Å². The highest BCUT2D eigenvalue weighted by Crippen LogP contribution is 2.26. The lowest BCUT2D eigenvalue weighted by Gasteiger charge is -2.16. The normalized spacial score (nSPS) is 17.1. The first-order valence-electron chi connectivity index (χ1n) is 7.82. The second-order valence-electron chi connectivity index (χ2n) is 5.71. The van der Waals surface area contributed by atoms with Crippen molar-refractivity contribution in [3.8, 4) is 0 Å². The van der Waals surface area contributed by atoms with Crippen LogP contribution in [0.5, 0.6) is 0 Å². The molecule has 1 aliphatic rings. The van der Waals surface area contributed by atoms with Gasteiger partial charge < -0.3 is 15.0 Å². The predicted molar refractivity (Wildman–Crippen MR) is 87.9 cm³/mol. The molecule has 3 heterocycles. The molecule has 1 N–H and O–H groups in total. The molecule has 1 aliphatic heterocycles. The number of methoxy groups -OCH3 is 1. The van der Waals surface area contributed by atoms with Crippen LogP contribution in [0.15, 0.2) is 24.5 Å². The Morgan fingerprint density at radius 1 is 1.38 bits per heavy atom. The lowest BCUT2D eigenvalue weighted by molar-refractivity contribution is -0.134. The number of amides is 1. The van der Waals surface area contributed by atoms with Gasteiger partial charge in [-0.2, -0.15) is 0 Å². The molecule has 0 saturated carbocycles. The minimum absolute atomic E-state index is 0.00341. The molecule has 2 aromatic rings. The number of aromatic nitrogens is 4. The fourth-order valence-electron chi connectivity index (χ4n) is 2.73. The molecular formula is C16H20N6O2. The van der Waals surface area contributed by atoms with Crippen LogP contribution in [0, 0.1) is 6.92 Å². The zero-order valence-electron chi connectivity index (χ0n) is 13.8. The molecule has 0 aromatic carbocycles. The molecule has 1 amide bonds. The van der Waals surface area contributed by atoms with Crippen molar-refractivity contribution in [1.82, 2.24) is 24.8 Å². The van der Waals surface area contributed by atoms with E-state index in [9.17, 15) is 4.79 Å². The third-order valence-electron chi connectivity index (χ3n) is 3.85. The van der Waals surface area contributed by atoms with Gasteiger partial charge in [-0.3, -0.25) is 4.79 Å². The van der Waals surface area contributed by atoms with Gasteiger partial charge in [0.15, 0.2) is 0 Å². The zero-order valence-corrected chi connectivity index (χ0v) is 13.8. The quantitative estimate of drug-likeness (QED) is 0.883. The number of nitrogens with one attached hydrogen (secondary N) is 1. The van der Waals surface area contributed by atoms with Crippen LogP contribution in [0.2, 0.25) is 0 Å². The van der Waals surface area contributed by atoms with Crippen LogP contribution in [-0.2, 0) is 9.53 Å². The molecule has 1 atom stereocenters. The second kappa shape index (κ2) is 7.31. The van der Waals surface area contributed by atoms with Gasteiger partial charge in [-0.15, -0.1) is 0 Å². The summed E-state index contributed by atoms with van der Waals surface area (Å²) in [6, 6.07) is 3.61. The summed E-state index contributed by atoms with van der Waals surface area (Å²) in [4.78, 5) is 31.1. The number of hydrogen-bond donors (Lipinski definition) is 1. The Labute approximate surface area is 140 Å². The predicted octanol–water partition coefficient (Wildman–Crippen LogP) is 1.28. The first-order valence-corrected chi connectivity index (χ1v) is 7.82. The van der Waals surface area contributed by atoms with Gasteiger partial charge in [-0.25, -0.2) is 19.9 Å². The highest BCUT2D eigenvalue weighted by atomic mass is 16.5. The number of nitrogens with zero attached hydrogens (tertiary/aromatic N) is 5. The molecule has 1 saturated heterocycles. The molecule has 24 heavy (non-hydrogen) atoms. The highest BCUT2D eigenvalue weighted by Gasteiger charge is 2.29. The number of carbonyl (C=O) groups excluding carboxylic acids is 1. The summed E-state index contributed by atoms with van der Waals surface area (Å²) in [5.41, 5.74) is 0.861. The number of likely N-dealkylation sites (tertiary alicyclic amines) is 1. The Morgan fingerprint density at radius 2 is 2.17 bits per heavy atom. The molecule has 0 radical (unpaired) electrons. The van der Waals surface area contributed by atoms with Gasteiger partial charge in [0.2, 0.25) is 11.9 Å². The number of aryl methyl sites for hydroxylation is 1. The first-order chi connectivity index (χ1) is 11.7. The summed E-state index contributed by atoms with van der Waals surface area (Å²) in [5.74, 6) is 2.02. The smallest absolute Gasteiger partial charge is 0.248 e. The molecule has 1 fully saturated rings. The maximum atomic E-state index is 11.9. The second-order valence-corrected chi connectivity index (χ2v) is 5.71. The Bertz CT molecular complexity index is 709. The molecule has 0 bridgehead atoms. The van der Waals surface area contributed by atoms with Crippen molar-refractivity contribution in [2.75, 3.05) is 32.1 Å². The van der Waals surface area contributed by atoms with Gasteiger partial charge in [-0.1, -0.05) is 0 Å². The SMILES string of the molecule is COCC(=O)N1CC[C@H](c2nc(C)cc(Nc3ncccn3)n2)C1. The maximum Gasteiger partial charge on any atom is 0.248 e. The number of ether oxygens (including phenoxy) is 1. The van der Waals surface area contributed by atoms with Crippen molar-refractivity contribution >= 4 is 17.7 Å². The molecular weight excluding hydrogens is 308 g/mol. The van der Waals surface area contributed by atoms with Gasteiger partial charge in [0.1, 0.15) is 18.2 Å². The fourth-order valence-corrected chi connectivity index (χ4v) is 2.73. The minimum atomic E-state index is 0.00341. The van der Waals surface area contributed by atoms with Gasteiger partial charge in [-0.05, 0) is 19.4 Å². The Hall–Kier alpha value is -2.61. The average Bonchev–Trinajstić information content (AvgIpc) is 3.06. The van der Waals surface area contributed by atoms with Crippen LogP contribution in [0.1, 0.15) is 23.9 Å². The Morgan fingerprint density at radius 3 is 2.92 bits per heavy atom. The van der Waals surface area contributed by atoms with Gasteiger partial charge >= 0.3 is 0 Å². The monoisotopic (exact) mass is 328 g/mol. The standard InChI is InChI=1S/C16H20N6O2/c1-11-8-13(21-16-17-5-3-6-18-16)20-15(19-11)12-4-7-22(9-12)14(23)10-24-2/h3,5-6,8,12H,4,7,9-10H2,1-2H3,(H,17,18,19,20,21)/t12-/m0/s1. The van der Waals surface area contributed by atoms with Gasteiger partial charge in [0, 0.05) is 50.3 Å².